The van der Waals surface area contributed by atoms with Gasteiger partial charge in [-0.2, -0.15) is 0 Å². The largest absolute Gasteiger partial charge is 0.487 e. The van der Waals surface area contributed by atoms with Crippen molar-refractivity contribution in [1.82, 2.24) is 9.97 Å². The normalized spacial score (nSPS) is 20.9. The van der Waals surface area contributed by atoms with Crippen molar-refractivity contribution in [2.24, 2.45) is 0 Å². The maximum atomic E-state index is 12.5. The molecule has 1 aliphatic heterocycles. The average Bonchev–Trinajstić information content (AvgIpc) is 2.80. The summed E-state index contributed by atoms with van der Waals surface area (Å²) < 4.78 is 6.13. The number of hydrogen-bond acceptors (Lipinski definition) is 4. The third kappa shape index (κ3) is 3.05. The zero-order valence-corrected chi connectivity index (χ0v) is 16.6. The Hall–Kier alpha value is -2.49. The Kier molecular flexibility index (Phi) is 4.11. The summed E-state index contributed by atoms with van der Waals surface area (Å²) in [6.07, 6.45) is 11.6. The maximum absolute atomic E-state index is 12.5. The standard InChI is InChI=1S/C24H26N2O2/c1-24(2)13-21(27)18-11-10-16(12-22(18)28-24)17-8-3-4-9-20-19(17)14-25-23(26-20)15-6-5-7-15/h8,10-12,14-15H,3-7,9,13H2,1-2H3. The van der Waals surface area contributed by atoms with Crippen LogP contribution in [0.2, 0.25) is 0 Å². The van der Waals surface area contributed by atoms with Gasteiger partial charge in [-0.1, -0.05) is 18.6 Å². The third-order valence-electron chi connectivity index (χ3n) is 6.18. The van der Waals surface area contributed by atoms with E-state index in [1.165, 1.54) is 19.3 Å². The average molecular weight is 374 g/mol. The van der Waals surface area contributed by atoms with E-state index >= 15 is 0 Å². The van der Waals surface area contributed by atoms with Crippen LogP contribution in [0, 0.1) is 0 Å². The van der Waals surface area contributed by atoms with Crippen molar-refractivity contribution >= 4 is 11.4 Å². The highest BCUT2D eigenvalue weighted by Crippen LogP contribution is 2.39. The van der Waals surface area contributed by atoms with Crippen LogP contribution >= 0.6 is 0 Å². The Balaban J connectivity index is 1.55. The molecule has 1 saturated carbocycles. The maximum Gasteiger partial charge on any atom is 0.170 e. The van der Waals surface area contributed by atoms with Crippen LogP contribution in [0.15, 0.2) is 30.5 Å². The fraction of sp³-hybridized carbons (Fsp3) is 0.458. The second-order valence-corrected chi connectivity index (χ2v) is 8.90. The highest BCUT2D eigenvalue weighted by molar-refractivity contribution is 6.01. The first kappa shape index (κ1) is 17.6. The molecule has 4 heteroatoms. The van der Waals surface area contributed by atoms with Gasteiger partial charge in [0.2, 0.25) is 0 Å². The molecule has 0 unspecified atom stereocenters. The molecule has 3 aliphatic rings. The molecule has 1 fully saturated rings. The second-order valence-electron chi connectivity index (χ2n) is 8.90. The van der Waals surface area contributed by atoms with E-state index in [4.69, 9.17) is 14.7 Å². The molecule has 0 radical (unpaired) electrons. The molecule has 0 spiro atoms. The predicted octanol–water partition coefficient (Wildman–Crippen LogP) is 5.26. The minimum Gasteiger partial charge on any atom is -0.487 e. The van der Waals surface area contributed by atoms with Crippen LogP contribution in [0.25, 0.3) is 5.57 Å². The van der Waals surface area contributed by atoms with Crippen LogP contribution in [0.1, 0.15) is 91.3 Å². The van der Waals surface area contributed by atoms with Crippen molar-refractivity contribution in [3.05, 3.63) is 58.7 Å². The number of aromatic nitrogens is 2. The molecule has 144 valence electrons. The van der Waals surface area contributed by atoms with Crippen molar-refractivity contribution in [2.45, 2.75) is 70.3 Å². The van der Waals surface area contributed by atoms with E-state index in [-0.39, 0.29) is 5.78 Å². The summed E-state index contributed by atoms with van der Waals surface area (Å²) in [5, 5.41) is 0. The molecule has 0 atom stereocenters. The summed E-state index contributed by atoms with van der Waals surface area (Å²) in [5.74, 6) is 2.41. The highest BCUT2D eigenvalue weighted by Gasteiger charge is 2.33. The van der Waals surface area contributed by atoms with E-state index in [9.17, 15) is 4.79 Å². The van der Waals surface area contributed by atoms with Gasteiger partial charge in [0.1, 0.15) is 17.2 Å². The van der Waals surface area contributed by atoms with Gasteiger partial charge in [-0.3, -0.25) is 4.79 Å². The first-order chi connectivity index (χ1) is 13.5. The Morgan fingerprint density at radius 2 is 2.00 bits per heavy atom. The van der Waals surface area contributed by atoms with Gasteiger partial charge in [0, 0.05) is 17.7 Å². The molecule has 4 nitrogen and oxygen atoms in total. The summed E-state index contributed by atoms with van der Waals surface area (Å²) in [6.45, 7) is 3.94. The predicted molar refractivity (Wildman–Crippen MR) is 109 cm³/mol. The van der Waals surface area contributed by atoms with E-state index in [0.717, 1.165) is 47.5 Å². The number of benzene rings is 1. The SMILES string of the molecule is CC1(C)CC(=O)c2ccc(C3=CCCCc4nc(C5CCC5)ncc43)cc2O1. The zero-order chi connectivity index (χ0) is 19.3. The molecular formula is C24H26N2O2. The molecule has 0 saturated heterocycles. The summed E-state index contributed by atoms with van der Waals surface area (Å²) in [5.41, 5.74) is 4.76. The number of nitrogens with zero attached hydrogens (tertiary/aromatic N) is 2. The van der Waals surface area contributed by atoms with Crippen molar-refractivity contribution in [1.29, 1.82) is 0 Å². The van der Waals surface area contributed by atoms with Gasteiger partial charge in [0.15, 0.2) is 5.78 Å². The Labute approximate surface area is 166 Å². The Morgan fingerprint density at radius 1 is 1.14 bits per heavy atom. The number of ketones is 1. The molecule has 0 bridgehead atoms. The van der Waals surface area contributed by atoms with Gasteiger partial charge >= 0.3 is 0 Å². The summed E-state index contributed by atoms with van der Waals surface area (Å²) in [7, 11) is 0. The zero-order valence-electron chi connectivity index (χ0n) is 16.6. The number of carbonyl (C=O) groups is 1. The van der Waals surface area contributed by atoms with Crippen molar-refractivity contribution in [2.75, 3.05) is 0 Å². The van der Waals surface area contributed by atoms with Gasteiger partial charge in [-0.05, 0) is 69.2 Å². The fourth-order valence-corrected chi connectivity index (χ4v) is 4.43. The van der Waals surface area contributed by atoms with Crippen molar-refractivity contribution in [3.63, 3.8) is 0 Å². The first-order valence-corrected chi connectivity index (χ1v) is 10.4. The van der Waals surface area contributed by atoms with Crippen molar-refractivity contribution < 1.29 is 9.53 Å². The van der Waals surface area contributed by atoms with Crippen LogP contribution in [0.3, 0.4) is 0 Å². The molecule has 1 aromatic heterocycles. The van der Waals surface area contributed by atoms with Gasteiger partial charge in [0.25, 0.3) is 0 Å². The van der Waals surface area contributed by atoms with Crippen LogP contribution in [0.5, 0.6) is 5.75 Å². The highest BCUT2D eigenvalue weighted by atomic mass is 16.5. The van der Waals surface area contributed by atoms with Crippen LogP contribution in [-0.2, 0) is 6.42 Å². The van der Waals surface area contributed by atoms with Crippen LogP contribution in [-0.4, -0.2) is 21.4 Å². The van der Waals surface area contributed by atoms with E-state index in [1.807, 2.05) is 38.2 Å². The quantitative estimate of drug-likeness (QED) is 0.720. The van der Waals surface area contributed by atoms with Crippen LogP contribution < -0.4 is 4.74 Å². The number of hydrogen-bond donors (Lipinski definition) is 0. The lowest BCUT2D eigenvalue weighted by molar-refractivity contribution is 0.0620. The monoisotopic (exact) mass is 374 g/mol. The van der Waals surface area contributed by atoms with Crippen molar-refractivity contribution in [3.8, 4) is 5.75 Å². The molecule has 28 heavy (non-hydrogen) atoms. The van der Waals surface area contributed by atoms with Gasteiger partial charge in [-0.25, -0.2) is 9.97 Å². The Morgan fingerprint density at radius 3 is 2.79 bits per heavy atom. The molecule has 0 amide bonds. The summed E-state index contributed by atoms with van der Waals surface area (Å²) in [4.78, 5) is 22.1. The van der Waals surface area contributed by atoms with E-state index < -0.39 is 5.60 Å². The lowest BCUT2D eigenvalue weighted by Crippen LogP contribution is -2.35. The molecule has 2 aromatic rings. The molecule has 2 aliphatic carbocycles. The van der Waals surface area contributed by atoms with E-state index in [0.29, 0.717) is 23.7 Å². The van der Waals surface area contributed by atoms with Crippen LogP contribution in [0.4, 0.5) is 0 Å². The number of allylic oxidation sites excluding steroid dienone is 1. The lowest BCUT2D eigenvalue weighted by Gasteiger charge is -2.32. The van der Waals surface area contributed by atoms with E-state index in [2.05, 4.69) is 6.08 Å². The second kappa shape index (κ2) is 6.54. The number of Topliss-reactive ketones (excluding diaryl/α,β-unsaturated/α-hetero) is 1. The smallest absolute Gasteiger partial charge is 0.170 e. The minimum absolute atomic E-state index is 0.154. The Bertz CT molecular complexity index is 986. The molecule has 2 heterocycles. The number of carbonyl (C=O) groups excluding carboxylic acids is 1. The number of ether oxygens (including phenoxy) is 1. The number of aryl methyl sites for hydroxylation is 1. The molecule has 5 rings (SSSR count). The first-order valence-electron chi connectivity index (χ1n) is 10.4. The fourth-order valence-electron chi connectivity index (χ4n) is 4.43. The lowest BCUT2D eigenvalue weighted by atomic mass is 9.84. The number of fused-ring (bicyclic) bond motifs is 2. The van der Waals surface area contributed by atoms with Gasteiger partial charge < -0.3 is 4.74 Å². The molecule has 1 aromatic carbocycles. The number of rotatable bonds is 2. The van der Waals surface area contributed by atoms with Gasteiger partial charge in [-0.15, -0.1) is 0 Å². The summed E-state index contributed by atoms with van der Waals surface area (Å²) >= 11 is 0. The third-order valence-corrected chi connectivity index (χ3v) is 6.18. The minimum atomic E-state index is -0.459. The van der Waals surface area contributed by atoms with Gasteiger partial charge in [0.05, 0.1) is 17.7 Å². The molecule has 0 N–H and O–H groups in total. The summed E-state index contributed by atoms with van der Waals surface area (Å²) in [6, 6.07) is 5.98. The topological polar surface area (TPSA) is 52.1 Å². The van der Waals surface area contributed by atoms with E-state index in [1.54, 1.807) is 0 Å². The molecular weight excluding hydrogens is 348 g/mol.